The number of rotatable bonds is 8. The highest BCUT2D eigenvalue weighted by atomic mass is 35.5. The molecule has 0 spiro atoms. The van der Waals surface area contributed by atoms with Crippen molar-refractivity contribution in [3.05, 3.63) is 69.9 Å². The van der Waals surface area contributed by atoms with Crippen LogP contribution in [0.2, 0.25) is 5.02 Å². The van der Waals surface area contributed by atoms with Crippen LogP contribution in [0.1, 0.15) is 51.2 Å². The van der Waals surface area contributed by atoms with Gasteiger partial charge in [-0.1, -0.05) is 23.7 Å². The molecular weight excluding hydrogens is 555 g/mol. The number of allylic oxidation sites excluding steroid dienone is 2. The van der Waals surface area contributed by atoms with Gasteiger partial charge in [0.2, 0.25) is 0 Å². The Hall–Kier alpha value is -3.74. The van der Waals surface area contributed by atoms with E-state index in [2.05, 4.69) is 10.4 Å². The molecule has 0 saturated carbocycles. The second kappa shape index (κ2) is 11.8. The number of nitrogens with one attached hydrogen (secondary N) is 1. The Labute approximate surface area is 231 Å². The Balaban J connectivity index is 1.87. The minimum Gasteiger partial charge on any atom is -0.481 e. The molecule has 9 nitrogen and oxygen atoms in total. The van der Waals surface area contributed by atoms with Crippen molar-refractivity contribution < 1.29 is 42.5 Å². The van der Waals surface area contributed by atoms with Gasteiger partial charge >= 0.3 is 18.1 Å². The number of benzene rings is 2. The van der Waals surface area contributed by atoms with E-state index in [9.17, 15) is 37.8 Å². The van der Waals surface area contributed by atoms with E-state index >= 15 is 0 Å². The van der Waals surface area contributed by atoms with Crippen LogP contribution in [0.15, 0.2) is 42.5 Å². The van der Waals surface area contributed by atoms with Crippen molar-refractivity contribution in [2.75, 3.05) is 20.2 Å². The summed E-state index contributed by atoms with van der Waals surface area (Å²) in [6.45, 7) is -0.281. The quantitative estimate of drug-likeness (QED) is 0.335. The normalized spacial score (nSPS) is 16.4. The number of fused-ring (bicyclic) bond motifs is 1. The molecule has 0 aliphatic heterocycles. The van der Waals surface area contributed by atoms with Crippen LogP contribution in [0, 0.1) is 5.92 Å². The summed E-state index contributed by atoms with van der Waals surface area (Å²) in [5.41, 5.74) is -1.16. The summed E-state index contributed by atoms with van der Waals surface area (Å²) in [5, 5.41) is 25.8. The average molecular weight is 580 g/mol. The van der Waals surface area contributed by atoms with Gasteiger partial charge in [-0.2, -0.15) is 23.0 Å². The van der Waals surface area contributed by atoms with E-state index in [4.69, 9.17) is 16.3 Å². The summed E-state index contributed by atoms with van der Waals surface area (Å²) < 4.78 is 47.5. The maximum absolute atomic E-state index is 13.8. The van der Waals surface area contributed by atoms with Gasteiger partial charge in [0.05, 0.1) is 45.4 Å². The Morgan fingerprint density at radius 3 is 2.60 bits per heavy atom. The number of nitrogens with zero attached hydrogens (tertiary/aromatic N) is 2. The standard InChI is InChI=1S/C27H25ClF3N3O6/c1-32-12-17(13-35)40-26(39)16-9-10-18-21(11-16)34(33-23(18)14-5-7-15(8-6-14)25(37)38)24(36)22-19(27(29,30)31)3-2-4-20(22)28/h2-5,9-11,15,17,32,35H,6-8,12-13H2,1H3,(H,37,38). The van der Waals surface area contributed by atoms with Crippen LogP contribution in [0.4, 0.5) is 13.2 Å². The predicted octanol–water partition coefficient (Wildman–Crippen LogP) is 4.40. The van der Waals surface area contributed by atoms with E-state index in [1.807, 2.05) is 0 Å². The molecule has 212 valence electrons. The van der Waals surface area contributed by atoms with Crippen molar-refractivity contribution in [1.29, 1.82) is 0 Å². The van der Waals surface area contributed by atoms with Gasteiger partial charge in [-0.15, -0.1) is 0 Å². The molecule has 3 N–H and O–H groups in total. The molecule has 2 unspecified atom stereocenters. The number of carboxylic acid groups (broad SMARTS) is 1. The Morgan fingerprint density at radius 1 is 1.25 bits per heavy atom. The van der Waals surface area contributed by atoms with Crippen molar-refractivity contribution in [3.63, 3.8) is 0 Å². The number of aliphatic hydroxyl groups excluding tert-OH is 1. The van der Waals surface area contributed by atoms with E-state index in [0.29, 0.717) is 23.8 Å². The van der Waals surface area contributed by atoms with Crippen molar-refractivity contribution in [2.45, 2.75) is 31.5 Å². The highest BCUT2D eigenvalue weighted by Crippen LogP contribution is 2.38. The number of aliphatic hydroxyl groups is 1. The maximum atomic E-state index is 13.8. The SMILES string of the molecule is CNCC(CO)OC(=O)c1ccc2c(C3=CCC(C(=O)O)CC3)nn(C(=O)c3c(Cl)cccc3C(F)(F)F)c2c1. The zero-order chi connectivity index (χ0) is 29.2. The summed E-state index contributed by atoms with van der Waals surface area (Å²) in [7, 11) is 1.61. The third kappa shape index (κ3) is 5.88. The average Bonchev–Trinajstić information content (AvgIpc) is 3.30. The zero-order valence-corrected chi connectivity index (χ0v) is 21.9. The third-order valence-electron chi connectivity index (χ3n) is 6.62. The van der Waals surface area contributed by atoms with Crippen LogP contribution in [-0.4, -0.2) is 64.1 Å². The summed E-state index contributed by atoms with van der Waals surface area (Å²) in [6, 6.07) is 7.15. The van der Waals surface area contributed by atoms with Crippen LogP contribution in [-0.2, 0) is 15.7 Å². The second-order valence-corrected chi connectivity index (χ2v) is 9.67. The molecule has 0 radical (unpaired) electrons. The number of carbonyl (C=O) groups excluding carboxylic acids is 2. The van der Waals surface area contributed by atoms with E-state index in [1.54, 1.807) is 13.1 Å². The lowest BCUT2D eigenvalue weighted by Gasteiger charge is -2.17. The summed E-state index contributed by atoms with van der Waals surface area (Å²) in [4.78, 5) is 37.8. The van der Waals surface area contributed by atoms with Gasteiger partial charge in [-0.25, -0.2) is 4.79 Å². The fraction of sp³-hybridized carbons (Fsp3) is 0.333. The zero-order valence-electron chi connectivity index (χ0n) is 21.2. The minimum atomic E-state index is -4.89. The molecule has 13 heteroatoms. The van der Waals surface area contributed by atoms with E-state index in [-0.39, 0.29) is 29.7 Å². The molecule has 4 rings (SSSR count). The molecule has 2 aromatic carbocycles. The van der Waals surface area contributed by atoms with E-state index < -0.39 is 58.8 Å². The number of carboxylic acids is 1. The molecule has 0 amide bonds. The van der Waals surface area contributed by atoms with Gasteiger partial charge in [0, 0.05) is 11.9 Å². The Morgan fingerprint density at radius 2 is 2.00 bits per heavy atom. The largest absolute Gasteiger partial charge is 0.481 e. The molecule has 0 saturated heterocycles. The Kier molecular flexibility index (Phi) is 8.62. The minimum absolute atomic E-state index is 0.0258. The fourth-order valence-electron chi connectivity index (χ4n) is 4.58. The summed E-state index contributed by atoms with van der Waals surface area (Å²) in [6.07, 6.45) is -3.23. The molecule has 0 fully saturated rings. The van der Waals surface area contributed by atoms with Gasteiger partial charge in [-0.3, -0.25) is 9.59 Å². The van der Waals surface area contributed by atoms with Crippen LogP contribution in [0.25, 0.3) is 16.5 Å². The smallest absolute Gasteiger partial charge is 0.417 e. The number of alkyl halides is 3. The second-order valence-electron chi connectivity index (χ2n) is 9.26. The highest BCUT2D eigenvalue weighted by molar-refractivity contribution is 6.34. The molecule has 0 bridgehead atoms. The molecule has 1 aliphatic carbocycles. The Bertz CT molecular complexity index is 1500. The lowest BCUT2D eigenvalue weighted by Crippen LogP contribution is -2.32. The topological polar surface area (TPSA) is 131 Å². The van der Waals surface area contributed by atoms with Crippen molar-refractivity contribution >= 4 is 45.9 Å². The van der Waals surface area contributed by atoms with Gasteiger partial charge < -0.3 is 20.3 Å². The van der Waals surface area contributed by atoms with Gasteiger partial charge in [-0.05, 0) is 62.2 Å². The summed E-state index contributed by atoms with van der Waals surface area (Å²) in [5.74, 6) is -3.52. The fourth-order valence-corrected chi connectivity index (χ4v) is 4.84. The van der Waals surface area contributed by atoms with Crippen LogP contribution >= 0.6 is 11.6 Å². The van der Waals surface area contributed by atoms with E-state index in [1.165, 1.54) is 18.2 Å². The molecule has 1 heterocycles. The first-order chi connectivity index (χ1) is 19.0. The lowest BCUT2D eigenvalue weighted by molar-refractivity contribution is -0.142. The first-order valence-corrected chi connectivity index (χ1v) is 12.7. The van der Waals surface area contributed by atoms with E-state index in [0.717, 1.165) is 22.9 Å². The lowest BCUT2D eigenvalue weighted by atomic mass is 9.87. The molecule has 1 aromatic heterocycles. The number of likely N-dealkylation sites (N-methyl/N-ethyl adjacent to an activating group) is 1. The van der Waals surface area contributed by atoms with Crippen molar-refractivity contribution in [3.8, 4) is 0 Å². The number of esters is 1. The first-order valence-electron chi connectivity index (χ1n) is 12.3. The van der Waals surface area contributed by atoms with Gasteiger partial charge in [0.25, 0.3) is 5.91 Å². The molecule has 3 aromatic rings. The number of ether oxygens (including phenoxy) is 1. The first kappa shape index (κ1) is 29.2. The maximum Gasteiger partial charge on any atom is 0.417 e. The summed E-state index contributed by atoms with van der Waals surface area (Å²) >= 11 is 6.08. The van der Waals surface area contributed by atoms with Gasteiger partial charge in [0.1, 0.15) is 6.10 Å². The number of halogens is 4. The number of hydrogen-bond donors (Lipinski definition) is 3. The van der Waals surface area contributed by atoms with Crippen LogP contribution in [0.3, 0.4) is 0 Å². The van der Waals surface area contributed by atoms with Crippen LogP contribution < -0.4 is 5.32 Å². The molecule has 1 aliphatic rings. The van der Waals surface area contributed by atoms with Crippen molar-refractivity contribution in [1.82, 2.24) is 15.1 Å². The monoisotopic (exact) mass is 579 g/mol. The van der Waals surface area contributed by atoms with Gasteiger partial charge in [0.15, 0.2) is 0 Å². The third-order valence-corrected chi connectivity index (χ3v) is 6.93. The number of aliphatic carboxylic acids is 1. The number of hydrogen-bond acceptors (Lipinski definition) is 7. The van der Waals surface area contributed by atoms with Crippen LogP contribution in [0.5, 0.6) is 0 Å². The predicted molar refractivity (Wildman–Crippen MR) is 139 cm³/mol. The molecule has 2 atom stereocenters. The molecular formula is C27H25ClF3N3O6. The number of aromatic nitrogens is 2. The van der Waals surface area contributed by atoms with Crippen molar-refractivity contribution in [2.24, 2.45) is 5.92 Å². The molecule has 40 heavy (non-hydrogen) atoms. The highest BCUT2D eigenvalue weighted by Gasteiger charge is 2.37. The number of carbonyl (C=O) groups is 3.